The Morgan fingerprint density at radius 1 is 1.22 bits per heavy atom. The highest BCUT2D eigenvalue weighted by Gasteiger charge is 2.25. The minimum atomic E-state index is -0.0998. The third-order valence-electron chi connectivity index (χ3n) is 3.36. The van der Waals surface area contributed by atoms with E-state index in [1.165, 1.54) is 0 Å². The highest BCUT2D eigenvalue weighted by Crippen LogP contribution is 2.12. The van der Waals surface area contributed by atoms with Crippen LogP contribution in [0.4, 0.5) is 0 Å². The number of hydrogen-bond acceptors (Lipinski definition) is 3. The Morgan fingerprint density at radius 2 is 1.78 bits per heavy atom. The molecule has 0 aliphatic carbocycles. The molecule has 0 aliphatic rings. The second kappa shape index (κ2) is 9.34. The van der Waals surface area contributed by atoms with E-state index in [9.17, 15) is 4.79 Å². The van der Waals surface area contributed by atoms with Crippen molar-refractivity contribution in [3.05, 3.63) is 0 Å². The molecule has 0 spiro atoms. The number of rotatable bonds is 9. The molecule has 0 heterocycles. The monoisotopic (exact) mass is 257 g/mol. The zero-order valence-electron chi connectivity index (χ0n) is 12.7. The number of hydrogen-bond donors (Lipinski definition) is 2. The Hall–Kier alpha value is -0.610. The zero-order valence-corrected chi connectivity index (χ0v) is 12.7. The van der Waals surface area contributed by atoms with Gasteiger partial charge in [0, 0.05) is 25.7 Å². The van der Waals surface area contributed by atoms with Crippen LogP contribution in [0.15, 0.2) is 0 Å². The molecular formula is C14H31N3O. The second-order valence-electron chi connectivity index (χ2n) is 5.31. The Kier molecular flexibility index (Phi) is 9.02. The molecule has 0 bridgehead atoms. The van der Waals surface area contributed by atoms with Gasteiger partial charge >= 0.3 is 0 Å². The number of nitrogens with one attached hydrogen (secondary N) is 1. The SMILES string of the molecule is CCC(CC)N(CCN)C(C)C(=O)NCC(C)C. The summed E-state index contributed by atoms with van der Waals surface area (Å²) in [5, 5.41) is 3.00. The molecule has 3 N–H and O–H groups in total. The third-order valence-corrected chi connectivity index (χ3v) is 3.36. The summed E-state index contributed by atoms with van der Waals surface area (Å²) in [6, 6.07) is 0.338. The Balaban J connectivity index is 4.53. The van der Waals surface area contributed by atoms with Crippen molar-refractivity contribution in [1.82, 2.24) is 10.2 Å². The number of nitrogens with two attached hydrogens (primary N) is 1. The topological polar surface area (TPSA) is 58.4 Å². The molecule has 0 radical (unpaired) electrons. The molecule has 4 nitrogen and oxygen atoms in total. The fourth-order valence-corrected chi connectivity index (χ4v) is 2.20. The van der Waals surface area contributed by atoms with Crippen molar-refractivity contribution < 1.29 is 4.79 Å². The molecule has 0 aliphatic heterocycles. The molecule has 108 valence electrons. The first-order valence-electron chi connectivity index (χ1n) is 7.21. The van der Waals surface area contributed by atoms with Gasteiger partial charge in [0.25, 0.3) is 0 Å². The minimum absolute atomic E-state index is 0.0998. The third kappa shape index (κ3) is 5.83. The maximum atomic E-state index is 12.1. The maximum Gasteiger partial charge on any atom is 0.237 e. The molecule has 0 aromatic heterocycles. The van der Waals surface area contributed by atoms with E-state index in [0.29, 0.717) is 18.5 Å². The lowest BCUT2D eigenvalue weighted by molar-refractivity contribution is -0.127. The number of nitrogens with zero attached hydrogens (tertiary/aromatic N) is 1. The Bertz CT molecular complexity index is 227. The average molecular weight is 257 g/mol. The van der Waals surface area contributed by atoms with Crippen LogP contribution < -0.4 is 11.1 Å². The molecule has 18 heavy (non-hydrogen) atoms. The lowest BCUT2D eigenvalue weighted by Crippen LogP contribution is -2.51. The van der Waals surface area contributed by atoms with Crippen LogP contribution in [0.2, 0.25) is 0 Å². The maximum absolute atomic E-state index is 12.1. The predicted molar refractivity (Wildman–Crippen MR) is 77.4 cm³/mol. The Morgan fingerprint density at radius 3 is 2.17 bits per heavy atom. The number of carbonyl (C=O) groups is 1. The first-order chi connectivity index (χ1) is 8.47. The summed E-state index contributed by atoms with van der Waals surface area (Å²) in [7, 11) is 0. The first kappa shape index (κ1) is 17.4. The standard InChI is InChI=1S/C14H31N3O/c1-6-13(7-2)17(9-8-15)12(5)14(18)16-10-11(3)4/h11-13H,6-10,15H2,1-5H3,(H,16,18). The van der Waals surface area contributed by atoms with Gasteiger partial charge in [0.2, 0.25) is 5.91 Å². The Labute approximate surface area is 112 Å². The molecule has 0 saturated heterocycles. The van der Waals surface area contributed by atoms with Crippen molar-refractivity contribution in [1.29, 1.82) is 0 Å². The van der Waals surface area contributed by atoms with E-state index in [-0.39, 0.29) is 11.9 Å². The van der Waals surface area contributed by atoms with Gasteiger partial charge in [0.15, 0.2) is 0 Å². The van der Waals surface area contributed by atoms with Crippen LogP contribution in [-0.2, 0) is 4.79 Å². The van der Waals surface area contributed by atoms with E-state index >= 15 is 0 Å². The summed E-state index contributed by atoms with van der Waals surface area (Å²) in [4.78, 5) is 14.3. The van der Waals surface area contributed by atoms with Crippen molar-refractivity contribution in [2.45, 2.75) is 59.5 Å². The van der Waals surface area contributed by atoms with E-state index in [4.69, 9.17) is 5.73 Å². The summed E-state index contributed by atoms with van der Waals surface area (Å²) >= 11 is 0. The average Bonchev–Trinajstić information content (AvgIpc) is 2.35. The largest absolute Gasteiger partial charge is 0.354 e. The predicted octanol–water partition coefficient (Wildman–Crippen LogP) is 1.60. The highest BCUT2D eigenvalue weighted by atomic mass is 16.2. The van der Waals surface area contributed by atoms with E-state index < -0.39 is 0 Å². The molecule has 1 atom stereocenters. The van der Waals surface area contributed by atoms with Crippen LogP contribution in [0.5, 0.6) is 0 Å². The fraction of sp³-hybridized carbons (Fsp3) is 0.929. The van der Waals surface area contributed by atoms with Gasteiger partial charge in [-0.1, -0.05) is 27.7 Å². The van der Waals surface area contributed by atoms with Crippen LogP contribution in [0.1, 0.15) is 47.5 Å². The lowest BCUT2D eigenvalue weighted by atomic mass is 10.1. The van der Waals surface area contributed by atoms with Crippen LogP contribution in [0.25, 0.3) is 0 Å². The van der Waals surface area contributed by atoms with Crippen LogP contribution in [-0.4, -0.2) is 42.5 Å². The molecule has 1 amide bonds. The second-order valence-corrected chi connectivity index (χ2v) is 5.31. The highest BCUT2D eigenvalue weighted by molar-refractivity contribution is 5.81. The van der Waals surface area contributed by atoms with Gasteiger partial charge in [-0.25, -0.2) is 0 Å². The molecule has 1 unspecified atom stereocenters. The lowest BCUT2D eigenvalue weighted by Gasteiger charge is -2.34. The zero-order chi connectivity index (χ0) is 14.1. The van der Waals surface area contributed by atoms with Crippen LogP contribution in [0, 0.1) is 5.92 Å². The molecule has 0 fully saturated rings. The van der Waals surface area contributed by atoms with Gasteiger partial charge in [-0.2, -0.15) is 0 Å². The van der Waals surface area contributed by atoms with Gasteiger partial charge in [0.1, 0.15) is 0 Å². The summed E-state index contributed by atoms with van der Waals surface area (Å²) in [6.45, 7) is 12.6. The van der Waals surface area contributed by atoms with Crippen LogP contribution in [0.3, 0.4) is 0 Å². The van der Waals surface area contributed by atoms with Crippen molar-refractivity contribution >= 4 is 5.91 Å². The molecule has 0 aromatic rings. The first-order valence-corrected chi connectivity index (χ1v) is 7.21. The molecule has 0 aromatic carbocycles. The van der Waals surface area contributed by atoms with Crippen molar-refractivity contribution in [3.8, 4) is 0 Å². The van der Waals surface area contributed by atoms with E-state index in [1.807, 2.05) is 6.92 Å². The van der Waals surface area contributed by atoms with Crippen LogP contribution >= 0.6 is 0 Å². The smallest absolute Gasteiger partial charge is 0.237 e. The summed E-state index contributed by atoms with van der Waals surface area (Å²) < 4.78 is 0. The van der Waals surface area contributed by atoms with E-state index in [2.05, 4.69) is 37.9 Å². The van der Waals surface area contributed by atoms with Gasteiger partial charge in [-0.05, 0) is 25.7 Å². The van der Waals surface area contributed by atoms with Gasteiger partial charge < -0.3 is 11.1 Å². The van der Waals surface area contributed by atoms with Gasteiger partial charge in [0.05, 0.1) is 6.04 Å². The van der Waals surface area contributed by atoms with Gasteiger partial charge in [-0.15, -0.1) is 0 Å². The van der Waals surface area contributed by atoms with Crippen molar-refractivity contribution in [3.63, 3.8) is 0 Å². The van der Waals surface area contributed by atoms with Gasteiger partial charge in [-0.3, -0.25) is 9.69 Å². The molecular weight excluding hydrogens is 226 g/mol. The molecule has 0 saturated carbocycles. The van der Waals surface area contributed by atoms with Crippen molar-refractivity contribution in [2.24, 2.45) is 11.7 Å². The number of carbonyl (C=O) groups excluding carboxylic acids is 1. The normalized spacial score (nSPS) is 13.4. The van der Waals surface area contributed by atoms with Crippen molar-refractivity contribution in [2.75, 3.05) is 19.6 Å². The summed E-state index contributed by atoms with van der Waals surface area (Å²) in [5.41, 5.74) is 5.66. The summed E-state index contributed by atoms with van der Waals surface area (Å²) in [5.74, 6) is 0.598. The van der Waals surface area contributed by atoms with E-state index in [0.717, 1.165) is 25.9 Å². The molecule has 0 rings (SSSR count). The molecule has 4 heteroatoms. The fourth-order valence-electron chi connectivity index (χ4n) is 2.20. The minimum Gasteiger partial charge on any atom is -0.354 e. The van der Waals surface area contributed by atoms with E-state index in [1.54, 1.807) is 0 Å². The quantitative estimate of drug-likeness (QED) is 0.659. The summed E-state index contributed by atoms with van der Waals surface area (Å²) in [6.07, 6.45) is 2.11. The number of amides is 1.